The van der Waals surface area contributed by atoms with Crippen LogP contribution < -0.4 is 10.5 Å². The van der Waals surface area contributed by atoms with Crippen LogP contribution in [0.5, 0.6) is 11.5 Å². The molecule has 10 heteroatoms. The Hall–Kier alpha value is -0.800. The Morgan fingerprint density at radius 3 is 2.15 bits per heavy atom. The van der Waals surface area contributed by atoms with Crippen molar-refractivity contribution in [2.75, 3.05) is 7.11 Å². The first-order valence-electron chi connectivity index (χ1n) is 4.79. The monoisotopic (exact) mass is 385 g/mol. The molecule has 0 radical (unpaired) electrons. The topological polar surface area (TPSA) is 55.5 Å². The van der Waals surface area contributed by atoms with Crippen molar-refractivity contribution < 1.29 is 31.8 Å². The van der Waals surface area contributed by atoms with Gasteiger partial charge in [0, 0.05) is 0 Å². The lowest BCUT2D eigenvalue weighted by atomic mass is 10.0. The molecule has 0 aliphatic rings. The van der Waals surface area contributed by atoms with Gasteiger partial charge in [0.15, 0.2) is 11.5 Å². The van der Waals surface area contributed by atoms with Crippen molar-refractivity contribution in [1.29, 1.82) is 0 Å². The van der Waals surface area contributed by atoms with E-state index in [1.807, 2.05) is 0 Å². The number of halogens is 7. The van der Waals surface area contributed by atoms with Crippen LogP contribution in [0.3, 0.4) is 0 Å². The van der Waals surface area contributed by atoms with Gasteiger partial charge in [-0.25, -0.2) is 0 Å². The predicted octanol–water partition coefficient (Wildman–Crippen LogP) is 3.78. The fourth-order valence-corrected chi connectivity index (χ4v) is 1.77. The quantitative estimate of drug-likeness (QED) is 0.778. The predicted molar refractivity (Wildman–Crippen MR) is 67.5 cm³/mol. The van der Waals surface area contributed by atoms with Crippen LogP contribution in [0.2, 0.25) is 0 Å². The number of nitrogens with two attached hydrogens (primary N) is 1. The average molecular weight is 387 g/mol. The van der Waals surface area contributed by atoms with E-state index in [1.54, 1.807) is 0 Å². The zero-order chi connectivity index (χ0) is 15.0. The first-order valence-corrected chi connectivity index (χ1v) is 5.58. The molecule has 0 aliphatic carbocycles. The molecular formula is C10H10BrClF5NO2. The summed E-state index contributed by atoms with van der Waals surface area (Å²) in [5.74, 6) is -5.79. The van der Waals surface area contributed by atoms with Gasteiger partial charge >= 0.3 is 12.1 Å². The van der Waals surface area contributed by atoms with Gasteiger partial charge < -0.3 is 15.6 Å². The third-order valence-corrected chi connectivity index (χ3v) is 3.00. The Kier molecular flexibility index (Phi) is 6.06. The lowest BCUT2D eigenvalue weighted by molar-refractivity contribution is -0.291. The smallest absolute Gasteiger partial charge is 0.455 e. The van der Waals surface area contributed by atoms with Crippen molar-refractivity contribution in [3.8, 4) is 11.5 Å². The highest BCUT2D eigenvalue weighted by atomic mass is 79.9. The second-order valence-corrected chi connectivity index (χ2v) is 4.51. The fourth-order valence-electron chi connectivity index (χ4n) is 1.31. The minimum Gasteiger partial charge on any atom is -0.503 e. The Balaban J connectivity index is 0.00000361. The van der Waals surface area contributed by atoms with Gasteiger partial charge in [-0.3, -0.25) is 0 Å². The highest BCUT2D eigenvalue weighted by Gasteiger charge is 2.61. The first kappa shape index (κ1) is 19.2. The Morgan fingerprint density at radius 2 is 1.75 bits per heavy atom. The molecule has 0 spiro atoms. The number of hydrogen-bond donors (Lipinski definition) is 2. The summed E-state index contributed by atoms with van der Waals surface area (Å²) in [6.45, 7) is 0. The van der Waals surface area contributed by atoms with Gasteiger partial charge in [-0.15, -0.1) is 12.4 Å². The summed E-state index contributed by atoms with van der Waals surface area (Å²) in [6, 6.07) is -0.912. The number of methoxy groups -OCH3 is 1. The molecule has 0 bridgehead atoms. The summed E-state index contributed by atoms with van der Waals surface area (Å²) in [5, 5.41) is 9.44. The second-order valence-electron chi connectivity index (χ2n) is 3.65. The zero-order valence-corrected chi connectivity index (χ0v) is 12.2. The van der Waals surface area contributed by atoms with Crippen LogP contribution in [0.1, 0.15) is 11.6 Å². The van der Waals surface area contributed by atoms with Crippen molar-refractivity contribution >= 4 is 28.3 Å². The number of rotatable bonds is 3. The standard InChI is InChI=1S/C10H9BrF5NO2.ClH/c1-19-6-3-4(2-5(11)7(6)18)8(17)9(12,13)10(14,15)16;/h2-3,8,18H,17H2,1H3;1H/t8-;/m1./s1. The number of hydrogen-bond acceptors (Lipinski definition) is 3. The van der Waals surface area contributed by atoms with E-state index in [0.29, 0.717) is 0 Å². The molecular weight excluding hydrogens is 376 g/mol. The van der Waals surface area contributed by atoms with E-state index in [9.17, 15) is 27.1 Å². The molecule has 1 rings (SSSR count). The molecule has 0 fully saturated rings. The molecule has 0 saturated heterocycles. The highest BCUT2D eigenvalue weighted by Crippen LogP contribution is 2.45. The lowest BCUT2D eigenvalue weighted by Gasteiger charge is -2.26. The Morgan fingerprint density at radius 1 is 1.25 bits per heavy atom. The second kappa shape index (κ2) is 6.31. The van der Waals surface area contributed by atoms with Crippen LogP contribution in [-0.2, 0) is 0 Å². The third-order valence-electron chi connectivity index (χ3n) is 2.40. The maximum atomic E-state index is 13.1. The molecule has 0 unspecified atom stereocenters. The van der Waals surface area contributed by atoms with E-state index >= 15 is 0 Å². The largest absolute Gasteiger partial charge is 0.503 e. The van der Waals surface area contributed by atoms with Gasteiger partial charge in [-0.2, -0.15) is 22.0 Å². The van der Waals surface area contributed by atoms with E-state index in [4.69, 9.17) is 5.73 Å². The first-order chi connectivity index (χ1) is 8.52. The number of ether oxygens (including phenoxy) is 1. The Bertz CT molecular complexity index is 483. The summed E-state index contributed by atoms with van der Waals surface area (Å²) < 4.78 is 67.4. The molecule has 1 aromatic rings. The third kappa shape index (κ3) is 3.44. The maximum absolute atomic E-state index is 13.1. The minimum atomic E-state index is -5.77. The SMILES string of the molecule is COc1cc([C@@H](N)C(F)(F)C(F)(F)F)cc(Br)c1O.Cl. The molecule has 3 nitrogen and oxygen atoms in total. The van der Waals surface area contributed by atoms with E-state index in [1.165, 1.54) is 0 Å². The van der Waals surface area contributed by atoms with Crippen molar-refractivity contribution in [2.45, 2.75) is 18.1 Å². The number of benzene rings is 1. The molecule has 0 heterocycles. The van der Waals surface area contributed by atoms with Gasteiger partial charge in [0.1, 0.15) is 6.04 Å². The molecule has 20 heavy (non-hydrogen) atoms. The molecule has 0 aliphatic heterocycles. The molecule has 0 amide bonds. The summed E-state index contributed by atoms with van der Waals surface area (Å²) in [4.78, 5) is 0. The van der Waals surface area contributed by atoms with E-state index in [0.717, 1.165) is 19.2 Å². The number of alkyl halides is 5. The average Bonchev–Trinajstić information content (AvgIpc) is 2.30. The van der Waals surface area contributed by atoms with E-state index < -0.39 is 29.5 Å². The van der Waals surface area contributed by atoms with Crippen LogP contribution in [-0.4, -0.2) is 24.3 Å². The van der Waals surface area contributed by atoms with Crippen LogP contribution in [0.4, 0.5) is 22.0 Å². The molecule has 0 aromatic heterocycles. The highest BCUT2D eigenvalue weighted by molar-refractivity contribution is 9.10. The van der Waals surface area contributed by atoms with Gasteiger partial charge in [-0.1, -0.05) is 0 Å². The minimum absolute atomic E-state index is 0. The molecule has 1 aromatic carbocycles. The summed E-state index contributed by atoms with van der Waals surface area (Å²) >= 11 is 2.81. The van der Waals surface area contributed by atoms with Gasteiger partial charge in [-0.05, 0) is 33.6 Å². The molecule has 3 N–H and O–H groups in total. The maximum Gasteiger partial charge on any atom is 0.455 e. The van der Waals surface area contributed by atoms with Crippen molar-refractivity contribution in [3.63, 3.8) is 0 Å². The van der Waals surface area contributed by atoms with Crippen molar-refractivity contribution in [2.24, 2.45) is 5.73 Å². The van der Waals surface area contributed by atoms with Crippen LogP contribution in [0.15, 0.2) is 16.6 Å². The summed E-state index contributed by atoms with van der Waals surface area (Å²) in [6.07, 6.45) is -5.77. The van der Waals surface area contributed by atoms with Crippen molar-refractivity contribution in [1.82, 2.24) is 0 Å². The van der Waals surface area contributed by atoms with Crippen LogP contribution >= 0.6 is 28.3 Å². The number of aromatic hydroxyl groups is 1. The molecule has 1 atom stereocenters. The fraction of sp³-hybridized carbons (Fsp3) is 0.400. The number of phenolic OH excluding ortho intramolecular Hbond substituents is 1. The molecule has 116 valence electrons. The number of phenols is 1. The van der Waals surface area contributed by atoms with E-state index in [2.05, 4.69) is 20.7 Å². The summed E-state index contributed by atoms with van der Waals surface area (Å²) in [7, 11) is 1.12. The Labute approximate surface area is 125 Å². The van der Waals surface area contributed by atoms with Gasteiger partial charge in [0.05, 0.1) is 11.6 Å². The van der Waals surface area contributed by atoms with Crippen LogP contribution in [0, 0.1) is 0 Å². The van der Waals surface area contributed by atoms with Gasteiger partial charge in [0.25, 0.3) is 0 Å². The van der Waals surface area contributed by atoms with Gasteiger partial charge in [0.2, 0.25) is 0 Å². The molecule has 0 saturated carbocycles. The summed E-state index contributed by atoms with van der Waals surface area (Å²) in [5.41, 5.74) is 4.45. The zero-order valence-electron chi connectivity index (χ0n) is 9.84. The normalized spacial score (nSPS) is 13.6. The van der Waals surface area contributed by atoms with Crippen LogP contribution in [0.25, 0.3) is 0 Å². The lowest BCUT2D eigenvalue weighted by Crippen LogP contribution is -2.45. The van der Waals surface area contributed by atoms with E-state index in [-0.39, 0.29) is 22.6 Å². The van der Waals surface area contributed by atoms with Crippen molar-refractivity contribution in [3.05, 3.63) is 22.2 Å².